The number of amides is 1. The van der Waals surface area contributed by atoms with Gasteiger partial charge in [0.15, 0.2) is 11.6 Å². The molecule has 1 rings (SSSR count). The minimum atomic E-state index is -3.46. The molecule has 2 N–H and O–H groups in total. The van der Waals surface area contributed by atoms with Crippen LogP contribution < -0.4 is 14.8 Å². The highest BCUT2D eigenvalue weighted by Crippen LogP contribution is 2.38. The largest absolute Gasteiger partial charge is 0.492 e. The van der Waals surface area contributed by atoms with E-state index in [2.05, 4.69) is 10.0 Å². The number of sulfonamides is 1. The summed E-state index contributed by atoms with van der Waals surface area (Å²) in [5.74, 6) is 0.0216. The van der Waals surface area contributed by atoms with Gasteiger partial charge in [0.05, 0.1) is 24.7 Å². The molecule has 0 aliphatic carbocycles. The van der Waals surface area contributed by atoms with Crippen LogP contribution in [-0.2, 0) is 15.4 Å². The van der Waals surface area contributed by atoms with Crippen molar-refractivity contribution in [2.24, 2.45) is 0 Å². The molecular formula is C13H21BN2O4S. The van der Waals surface area contributed by atoms with Crippen LogP contribution in [0, 0.1) is 0 Å². The number of carbonyl (C=O) groups is 1. The second-order valence-electron chi connectivity index (χ2n) is 5.91. The average molecular weight is 312 g/mol. The molecule has 1 amide bonds. The molecule has 0 bridgehead atoms. The van der Waals surface area contributed by atoms with Crippen LogP contribution in [0.2, 0.25) is 0 Å². The number of nitrogens with one attached hydrogen (secondary N) is 2. The van der Waals surface area contributed by atoms with Crippen LogP contribution >= 0.6 is 0 Å². The van der Waals surface area contributed by atoms with Crippen molar-refractivity contribution < 1.29 is 17.9 Å². The first-order valence-electron chi connectivity index (χ1n) is 6.42. The Hall–Kier alpha value is -1.70. The summed E-state index contributed by atoms with van der Waals surface area (Å²) in [4.78, 5) is 11.3. The lowest BCUT2D eigenvalue weighted by Gasteiger charge is -2.23. The summed E-state index contributed by atoms with van der Waals surface area (Å²) in [7, 11) is -0.657. The fourth-order valence-electron chi connectivity index (χ4n) is 1.84. The fourth-order valence-corrected chi connectivity index (χ4v) is 2.39. The highest BCUT2D eigenvalue weighted by molar-refractivity contribution is 7.92. The van der Waals surface area contributed by atoms with Gasteiger partial charge in [-0.15, -0.1) is 0 Å². The smallest absolute Gasteiger partial charge is 0.229 e. The molecule has 116 valence electrons. The van der Waals surface area contributed by atoms with Gasteiger partial charge in [-0.05, 0) is 23.1 Å². The van der Waals surface area contributed by atoms with E-state index in [0.717, 1.165) is 11.8 Å². The molecule has 0 fully saturated rings. The first-order valence-corrected chi connectivity index (χ1v) is 8.31. The van der Waals surface area contributed by atoms with Crippen LogP contribution in [0.4, 0.5) is 16.2 Å². The molecule has 0 spiro atoms. The lowest BCUT2D eigenvalue weighted by molar-refractivity contribution is 0.268. The van der Waals surface area contributed by atoms with Crippen molar-refractivity contribution in [3.05, 3.63) is 17.7 Å². The summed E-state index contributed by atoms with van der Waals surface area (Å²) in [5.41, 5.74) is 1.39. The molecule has 1 aromatic carbocycles. The Bertz CT molecular complexity index is 651. The molecule has 0 aliphatic rings. The summed E-state index contributed by atoms with van der Waals surface area (Å²) < 4.78 is 30.7. The van der Waals surface area contributed by atoms with Crippen molar-refractivity contribution in [2.75, 3.05) is 23.4 Å². The van der Waals surface area contributed by atoms with E-state index >= 15 is 0 Å². The first kappa shape index (κ1) is 17.4. The van der Waals surface area contributed by atoms with Gasteiger partial charge in [-0.2, -0.15) is 0 Å². The van der Waals surface area contributed by atoms with Crippen molar-refractivity contribution in [1.82, 2.24) is 0 Å². The van der Waals surface area contributed by atoms with Gasteiger partial charge in [-0.1, -0.05) is 20.8 Å². The quantitative estimate of drug-likeness (QED) is 0.826. The number of methoxy groups -OCH3 is 1. The number of ether oxygens (including phenoxy) is 1. The second kappa shape index (κ2) is 5.97. The normalized spacial score (nSPS) is 11.9. The van der Waals surface area contributed by atoms with Crippen LogP contribution in [0.5, 0.6) is 5.75 Å². The molecule has 1 aromatic rings. The van der Waals surface area contributed by atoms with Gasteiger partial charge in [0.2, 0.25) is 17.9 Å². The predicted octanol–water partition coefficient (Wildman–Crippen LogP) is 1.53. The Balaban J connectivity index is 3.55. The molecule has 0 unspecified atom stereocenters. The maximum Gasteiger partial charge on any atom is 0.229 e. The Kier molecular flexibility index (Phi) is 4.93. The Morgan fingerprint density at radius 1 is 1.24 bits per heavy atom. The van der Waals surface area contributed by atoms with Gasteiger partial charge in [0.1, 0.15) is 0 Å². The van der Waals surface area contributed by atoms with Crippen molar-refractivity contribution in [1.29, 1.82) is 0 Å². The molecule has 0 saturated carbocycles. The van der Waals surface area contributed by atoms with E-state index in [4.69, 9.17) is 4.74 Å². The van der Waals surface area contributed by atoms with E-state index in [0.29, 0.717) is 11.4 Å². The molecule has 21 heavy (non-hydrogen) atoms. The predicted molar refractivity (Wildman–Crippen MR) is 87.7 cm³/mol. The SMILES string of the molecule is BC(=O)Nc1cc(C(C)(C)C)cc(NS(C)(=O)=O)c1OC. The average Bonchev–Trinajstić information content (AvgIpc) is 2.24. The topological polar surface area (TPSA) is 84.5 Å². The summed E-state index contributed by atoms with van der Waals surface area (Å²) in [6.07, 6.45) is 1.06. The second-order valence-corrected chi connectivity index (χ2v) is 7.66. The minimum absolute atomic E-state index is 0.215. The van der Waals surface area contributed by atoms with E-state index < -0.39 is 10.0 Å². The molecule has 0 saturated heterocycles. The highest BCUT2D eigenvalue weighted by Gasteiger charge is 2.21. The van der Waals surface area contributed by atoms with Crippen molar-refractivity contribution in [3.63, 3.8) is 0 Å². The number of hydrogen-bond donors (Lipinski definition) is 2. The van der Waals surface area contributed by atoms with E-state index in [-0.39, 0.29) is 17.0 Å². The van der Waals surface area contributed by atoms with Crippen LogP contribution in [-0.4, -0.2) is 35.4 Å². The Labute approximate surface area is 126 Å². The standard InChI is InChI=1S/C13H21BN2O4S/c1-13(2,3)8-6-9(15-12(14)17)11(20-4)10(7-8)16-21(5,18)19/h6-7,16H,14H2,1-5H3,(H,15,17). The summed E-state index contributed by atoms with van der Waals surface area (Å²) in [6.45, 7) is 5.99. The molecular weight excluding hydrogens is 291 g/mol. The number of anilines is 2. The Morgan fingerprint density at radius 3 is 2.14 bits per heavy atom. The van der Waals surface area contributed by atoms with Gasteiger partial charge in [-0.3, -0.25) is 9.52 Å². The lowest BCUT2D eigenvalue weighted by atomic mass is 9.86. The van der Waals surface area contributed by atoms with Gasteiger partial charge in [0.25, 0.3) is 0 Å². The van der Waals surface area contributed by atoms with Crippen molar-refractivity contribution in [3.8, 4) is 5.75 Å². The molecule has 0 atom stereocenters. The summed E-state index contributed by atoms with van der Waals surface area (Å²) in [6, 6.07) is 3.50. The molecule has 0 aromatic heterocycles. The zero-order valence-electron chi connectivity index (χ0n) is 13.2. The monoisotopic (exact) mass is 312 g/mol. The zero-order valence-corrected chi connectivity index (χ0v) is 14.0. The van der Waals surface area contributed by atoms with Gasteiger partial charge < -0.3 is 10.1 Å². The molecule has 0 heterocycles. The highest BCUT2D eigenvalue weighted by atomic mass is 32.2. The lowest BCUT2D eigenvalue weighted by Crippen LogP contribution is -2.17. The molecule has 8 heteroatoms. The van der Waals surface area contributed by atoms with Crippen LogP contribution in [0.3, 0.4) is 0 Å². The summed E-state index contributed by atoms with van der Waals surface area (Å²) in [5, 5.41) is 2.66. The number of carbonyl (C=O) groups excluding carboxylic acids is 1. The number of benzene rings is 1. The minimum Gasteiger partial charge on any atom is -0.492 e. The summed E-state index contributed by atoms with van der Waals surface area (Å²) >= 11 is 0. The van der Waals surface area contributed by atoms with E-state index in [1.54, 1.807) is 12.1 Å². The first-order chi connectivity index (χ1) is 9.44. The van der Waals surface area contributed by atoms with Crippen molar-refractivity contribution in [2.45, 2.75) is 26.2 Å². The third-order valence-corrected chi connectivity index (χ3v) is 3.36. The van der Waals surface area contributed by atoms with Gasteiger partial charge in [-0.25, -0.2) is 8.42 Å². The fraction of sp³-hybridized carbons (Fsp3) is 0.462. The van der Waals surface area contributed by atoms with Gasteiger partial charge in [0, 0.05) is 0 Å². The van der Waals surface area contributed by atoms with E-state index in [9.17, 15) is 13.2 Å². The van der Waals surface area contributed by atoms with Crippen LogP contribution in [0.15, 0.2) is 12.1 Å². The maximum absolute atomic E-state index is 11.5. The van der Waals surface area contributed by atoms with Crippen molar-refractivity contribution >= 4 is 35.1 Å². The molecule has 6 nitrogen and oxygen atoms in total. The Morgan fingerprint density at radius 2 is 1.76 bits per heavy atom. The third kappa shape index (κ3) is 4.97. The molecule has 0 aliphatic heterocycles. The van der Waals surface area contributed by atoms with E-state index in [1.807, 2.05) is 20.8 Å². The number of hydrogen-bond acceptors (Lipinski definition) is 4. The van der Waals surface area contributed by atoms with E-state index in [1.165, 1.54) is 15.0 Å². The maximum atomic E-state index is 11.5. The zero-order chi connectivity index (χ0) is 16.4. The van der Waals surface area contributed by atoms with Gasteiger partial charge >= 0.3 is 0 Å². The molecule has 0 radical (unpaired) electrons. The van der Waals surface area contributed by atoms with Crippen LogP contribution in [0.25, 0.3) is 0 Å². The third-order valence-electron chi connectivity index (χ3n) is 2.77. The van der Waals surface area contributed by atoms with Crippen LogP contribution in [0.1, 0.15) is 26.3 Å². The number of rotatable bonds is 4.